The molecule has 0 aliphatic heterocycles. The van der Waals surface area contributed by atoms with Crippen molar-refractivity contribution >= 4 is 52.1 Å². The van der Waals surface area contributed by atoms with Crippen LogP contribution in [0.15, 0.2) is 77.7 Å². The molecule has 0 N–H and O–H groups in total. The van der Waals surface area contributed by atoms with Crippen LogP contribution in [0.3, 0.4) is 0 Å². The Morgan fingerprint density at radius 3 is 2.03 bits per heavy atom. The van der Waals surface area contributed by atoms with E-state index in [9.17, 15) is 4.79 Å². The molecular weight excluding hydrogens is 502 g/mol. The van der Waals surface area contributed by atoms with Crippen LogP contribution < -0.4 is 5.69 Å². The minimum absolute atomic E-state index is 0.218. The molecule has 0 aliphatic carbocycles. The van der Waals surface area contributed by atoms with E-state index in [1.807, 2.05) is 36.4 Å². The number of benzene rings is 3. The molecule has 0 unspecified atom stereocenters. The number of hydrogen-bond acceptors (Lipinski definition) is 3. The van der Waals surface area contributed by atoms with Gasteiger partial charge in [-0.3, -0.25) is 0 Å². The van der Waals surface area contributed by atoms with E-state index in [0.717, 1.165) is 27.8 Å². The van der Waals surface area contributed by atoms with E-state index in [4.69, 9.17) is 46.4 Å². The molecule has 5 nitrogen and oxygen atoms in total. The van der Waals surface area contributed by atoms with Gasteiger partial charge in [-0.25, -0.2) is 9.48 Å². The third-order valence-corrected chi connectivity index (χ3v) is 6.46. The zero-order valence-electron chi connectivity index (χ0n) is 16.8. The van der Waals surface area contributed by atoms with Crippen LogP contribution >= 0.6 is 46.4 Å². The standard InChI is InChI=1S/C24H14Cl4N4O/c25-17-6-2-15(3-7-17)19-12-29-32-23(22(19)16-4-8-18(26)9-5-16)30-31(24(32)33)13-14-1-10-20(27)21(28)11-14/h1-12H,13H2. The van der Waals surface area contributed by atoms with E-state index >= 15 is 0 Å². The average Bonchev–Trinajstić information content (AvgIpc) is 3.12. The molecule has 5 rings (SSSR count). The van der Waals surface area contributed by atoms with Gasteiger partial charge >= 0.3 is 5.69 Å². The molecule has 9 heteroatoms. The van der Waals surface area contributed by atoms with E-state index in [1.54, 1.807) is 36.5 Å². The zero-order chi connectivity index (χ0) is 23.1. The SMILES string of the molecule is O=c1n(Cc2ccc(Cl)c(Cl)c2)nc2c(-c3ccc(Cl)cc3)c(-c3ccc(Cl)cc3)cnn12. The maximum atomic E-state index is 13.1. The van der Waals surface area contributed by atoms with Gasteiger partial charge in [0.15, 0.2) is 5.65 Å². The fourth-order valence-corrected chi connectivity index (χ4v) is 4.20. The largest absolute Gasteiger partial charge is 0.367 e. The summed E-state index contributed by atoms with van der Waals surface area (Å²) >= 11 is 24.3. The minimum atomic E-state index is -0.367. The van der Waals surface area contributed by atoms with Crippen LogP contribution in [0.5, 0.6) is 0 Å². The average molecular weight is 516 g/mol. The van der Waals surface area contributed by atoms with Crippen molar-refractivity contribution in [3.8, 4) is 22.3 Å². The number of fused-ring (bicyclic) bond motifs is 1. The molecule has 0 saturated carbocycles. The Bertz CT molecular complexity index is 1540. The van der Waals surface area contributed by atoms with Crippen molar-refractivity contribution in [1.29, 1.82) is 0 Å². The summed E-state index contributed by atoms with van der Waals surface area (Å²) in [4.78, 5) is 13.1. The molecular formula is C24H14Cl4N4O. The minimum Gasteiger partial charge on any atom is -0.244 e. The molecule has 3 aromatic carbocycles. The van der Waals surface area contributed by atoms with E-state index in [0.29, 0.717) is 25.7 Å². The summed E-state index contributed by atoms with van der Waals surface area (Å²) in [6.45, 7) is 0.218. The van der Waals surface area contributed by atoms with Crippen molar-refractivity contribution in [1.82, 2.24) is 19.4 Å². The van der Waals surface area contributed by atoms with Gasteiger partial charge in [0.05, 0.1) is 22.8 Å². The third kappa shape index (κ3) is 4.25. The molecule has 2 aromatic heterocycles. The highest BCUT2D eigenvalue weighted by atomic mass is 35.5. The first-order valence-electron chi connectivity index (χ1n) is 9.85. The lowest BCUT2D eigenvalue weighted by Crippen LogP contribution is -2.23. The van der Waals surface area contributed by atoms with Gasteiger partial charge in [0.1, 0.15) is 0 Å². The van der Waals surface area contributed by atoms with Gasteiger partial charge in [0.2, 0.25) is 0 Å². The van der Waals surface area contributed by atoms with Crippen LogP contribution in [0.25, 0.3) is 27.9 Å². The Labute approximate surface area is 208 Å². The van der Waals surface area contributed by atoms with Crippen molar-refractivity contribution in [2.24, 2.45) is 0 Å². The number of halogens is 4. The molecule has 0 radical (unpaired) electrons. The van der Waals surface area contributed by atoms with Gasteiger partial charge in [0.25, 0.3) is 0 Å². The van der Waals surface area contributed by atoms with Crippen LogP contribution in [-0.4, -0.2) is 19.4 Å². The van der Waals surface area contributed by atoms with Gasteiger partial charge in [-0.15, -0.1) is 5.10 Å². The molecule has 0 aliphatic rings. The van der Waals surface area contributed by atoms with Crippen LogP contribution in [0.2, 0.25) is 20.1 Å². The van der Waals surface area contributed by atoms with E-state index in [1.165, 1.54) is 9.20 Å². The van der Waals surface area contributed by atoms with Gasteiger partial charge in [-0.2, -0.15) is 9.61 Å². The number of aromatic nitrogens is 4. The second-order valence-electron chi connectivity index (χ2n) is 7.37. The Balaban J connectivity index is 1.72. The van der Waals surface area contributed by atoms with Gasteiger partial charge in [0, 0.05) is 21.2 Å². The van der Waals surface area contributed by atoms with Crippen molar-refractivity contribution in [3.05, 3.63) is 109 Å². The van der Waals surface area contributed by atoms with Crippen LogP contribution in [-0.2, 0) is 6.54 Å². The summed E-state index contributed by atoms with van der Waals surface area (Å²) in [5, 5.41) is 11.1. The number of rotatable bonds is 4. The summed E-state index contributed by atoms with van der Waals surface area (Å²) in [5.74, 6) is 0. The maximum absolute atomic E-state index is 13.1. The monoisotopic (exact) mass is 514 g/mol. The van der Waals surface area contributed by atoms with E-state index in [-0.39, 0.29) is 12.2 Å². The fourth-order valence-electron chi connectivity index (χ4n) is 3.62. The molecule has 0 saturated heterocycles. The van der Waals surface area contributed by atoms with Crippen molar-refractivity contribution in [2.45, 2.75) is 6.54 Å². The lowest BCUT2D eigenvalue weighted by Gasteiger charge is -2.11. The van der Waals surface area contributed by atoms with Gasteiger partial charge in [-0.1, -0.05) is 76.7 Å². The summed E-state index contributed by atoms with van der Waals surface area (Å²) in [6.07, 6.45) is 1.66. The van der Waals surface area contributed by atoms with E-state index in [2.05, 4.69) is 10.2 Å². The highest BCUT2D eigenvalue weighted by Crippen LogP contribution is 2.35. The van der Waals surface area contributed by atoms with Crippen LogP contribution in [0.1, 0.15) is 5.56 Å². The predicted octanol–water partition coefficient (Wildman–Crippen LogP) is 6.89. The van der Waals surface area contributed by atoms with Crippen LogP contribution in [0, 0.1) is 0 Å². The van der Waals surface area contributed by atoms with Gasteiger partial charge < -0.3 is 0 Å². The molecule has 164 valence electrons. The second-order valence-corrected chi connectivity index (χ2v) is 9.06. The Hall–Kier alpha value is -2.83. The summed E-state index contributed by atoms with van der Waals surface area (Å²) in [7, 11) is 0. The molecule has 0 fully saturated rings. The Morgan fingerprint density at radius 1 is 0.758 bits per heavy atom. The number of nitrogens with zero attached hydrogens (tertiary/aromatic N) is 4. The summed E-state index contributed by atoms with van der Waals surface area (Å²) < 4.78 is 2.65. The summed E-state index contributed by atoms with van der Waals surface area (Å²) in [6, 6.07) is 20.0. The first kappa shape index (κ1) is 22.0. The normalized spacial score (nSPS) is 11.3. The first-order valence-corrected chi connectivity index (χ1v) is 11.4. The molecule has 33 heavy (non-hydrogen) atoms. The molecule has 5 aromatic rings. The lowest BCUT2D eigenvalue weighted by molar-refractivity contribution is 0.650. The van der Waals surface area contributed by atoms with Crippen LogP contribution in [0.4, 0.5) is 0 Å². The van der Waals surface area contributed by atoms with E-state index < -0.39 is 0 Å². The maximum Gasteiger partial charge on any atom is 0.367 e. The lowest BCUT2D eigenvalue weighted by atomic mass is 9.97. The molecule has 0 atom stereocenters. The van der Waals surface area contributed by atoms with Crippen molar-refractivity contribution in [3.63, 3.8) is 0 Å². The highest BCUT2D eigenvalue weighted by molar-refractivity contribution is 6.42. The molecule has 0 spiro atoms. The van der Waals surface area contributed by atoms with Gasteiger partial charge in [-0.05, 0) is 53.1 Å². The van der Waals surface area contributed by atoms with Crippen molar-refractivity contribution in [2.75, 3.05) is 0 Å². The Morgan fingerprint density at radius 2 is 1.39 bits per heavy atom. The topological polar surface area (TPSA) is 52.2 Å². The molecule has 2 heterocycles. The fraction of sp³-hybridized carbons (Fsp3) is 0.0417. The first-order chi connectivity index (χ1) is 15.9. The predicted molar refractivity (Wildman–Crippen MR) is 134 cm³/mol. The molecule has 0 amide bonds. The zero-order valence-corrected chi connectivity index (χ0v) is 19.9. The highest BCUT2D eigenvalue weighted by Gasteiger charge is 2.19. The quantitative estimate of drug-likeness (QED) is 0.262. The summed E-state index contributed by atoms with van der Waals surface area (Å²) in [5.41, 5.74) is 4.17. The second kappa shape index (κ2) is 8.84. The van der Waals surface area contributed by atoms with Crippen molar-refractivity contribution < 1.29 is 0 Å². The Kier molecular flexibility index (Phi) is 5.89. The smallest absolute Gasteiger partial charge is 0.244 e. The molecule has 0 bridgehead atoms. The third-order valence-electron chi connectivity index (χ3n) is 5.22. The number of hydrogen-bond donors (Lipinski definition) is 0.